The number of aryl methyl sites for hydroxylation is 1. The lowest BCUT2D eigenvalue weighted by Gasteiger charge is -2.19. The summed E-state index contributed by atoms with van der Waals surface area (Å²) in [5.74, 6) is -2.73. The van der Waals surface area contributed by atoms with Crippen LogP contribution in [0.4, 0.5) is 13.2 Å². The number of hydrogen-bond donors (Lipinski definition) is 1. The van der Waals surface area contributed by atoms with E-state index in [0.29, 0.717) is 27.9 Å². The summed E-state index contributed by atoms with van der Waals surface area (Å²) in [6.45, 7) is 4.36. The standard InChI is InChI=1S/C15H15ClF3NS/c1-3-4-20-14(12-5-8(2)15(16)21-12)13-10(18)6-9(17)7-11(13)19/h5-7,14,20H,3-4H2,1-2H3. The van der Waals surface area contributed by atoms with Crippen LogP contribution in [0.2, 0.25) is 4.34 Å². The number of thiophene rings is 1. The van der Waals surface area contributed by atoms with Crippen molar-refractivity contribution in [1.29, 1.82) is 0 Å². The first-order chi connectivity index (χ1) is 9.93. The van der Waals surface area contributed by atoms with Gasteiger partial charge in [-0.3, -0.25) is 0 Å². The van der Waals surface area contributed by atoms with Crippen molar-refractivity contribution < 1.29 is 13.2 Å². The Morgan fingerprint density at radius 2 is 1.81 bits per heavy atom. The highest BCUT2D eigenvalue weighted by Crippen LogP contribution is 2.36. The summed E-state index contributed by atoms with van der Waals surface area (Å²) < 4.78 is 41.7. The second-order valence-corrected chi connectivity index (χ2v) is 6.46. The Labute approximate surface area is 130 Å². The van der Waals surface area contributed by atoms with Gasteiger partial charge in [0, 0.05) is 22.6 Å². The maximum Gasteiger partial charge on any atom is 0.134 e. The number of benzene rings is 1. The van der Waals surface area contributed by atoms with Crippen molar-refractivity contribution in [1.82, 2.24) is 5.32 Å². The zero-order chi connectivity index (χ0) is 15.6. The summed E-state index contributed by atoms with van der Waals surface area (Å²) >= 11 is 7.31. The fraction of sp³-hybridized carbons (Fsp3) is 0.333. The van der Waals surface area contributed by atoms with Gasteiger partial charge in [0.25, 0.3) is 0 Å². The minimum absolute atomic E-state index is 0.178. The number of halogens is 4. The highest BCUT2D eigenvalue weighted by Gasteiger charge is 2.24. The van der Waals surface area contributed by atoms with E-state index in [0.717, 1.165) is 12.0 Å². The van der Waals surface area contributed by atoms with Gasteiger partial charge in [0.15, 0.2) is 0 Å². The van der Waals surface area contributed by atoms with Crippen LogP contribution in [0.3, 0.4) is 0 Å². The first-order valence-corrected chi connectivity index (χ1v) is 7.77. The molecule has 1 heterocycles. The maximum atomic E-state index is 14.0. The van der Waals surface area contributed by atoms with Crippen LogP contribution in [0.25, 0.3) is 0 Å². The molecule has 0 saturated heterocycles. The Morgan fingerprint density at radius 3 is 2.29 bits per heavy atom. The summed E-state index contributed by atoms with van der Waals surface area (Å²) in [4.78, 5) is 0.704. The van der Waals surface area contributed by atoms with Gasteiger partial charge < -0.3 is 5.32 Å². The largest absolute Gasteiger partial charge is 0.305 e. The van der Waals surface area contributed by atoms with Gasteiger partial charge >= 0.3 is 0 Å². The molecule has 1 N–H and O–H groups in total. The molecule has 0 aliphatic carbocycles. The molecule has 0 aliphatic heterocycles. The zero-order valence-electron chi connectivity index (χ0n) is 11.6. The van der Waals surface area contributed by atoms with E-state index in [9.17, 15) is 13.2 Å². The van der Waals surface area contributed by atoms with E-state index >= 15 is 0 Å². The Balaban J connectivity index is 2.50. The normalized spacial score (nSPS) is 12.7. The molecule has 0 saturated carbocycles. The topological polar surface area (TPSA) is 12.0 Å². The van der Waals surface area contributed by atoms with Crippen LogP contribution in [0, 0.1) is 24.4 Å². The third-order valence-corrected chi connectivity index (χ3v) is 4.71. The van der Waals surface area contributed by atoms with Gasteiger partial charge in [0.2, 0.25) is 0 Å². The molecule has 2 aromatic rings. The Bertz CT molecular complexity index is 599. The van der Waals surface area contributed by atoms with Gasteiger partial charge in [-0.2, -0.15) is 0 Å². The van der Waals surface area contributed by atoms with Crippen molar-refractivity contribution in [2.24, 2.45) is 0 Å². The summed E-state index contributed by atoms with van der Waals surface area (Å²) in [7, 11) is 0. The molecule has 0 aliphatic rings. The van der Waals surface area contributed by atoms with Crippen LogP contribution in [0.1, 0.15) is 35.4 Å². The van der Waals surface area contributed by atoms with Gasteiger partial charge in [-0.05, 0) is 31.5 Å². The fourth-order valence-corrected chi connectivity index (χ4v) is 3.39. The molecule has 1 atom stereocenters. The fourth-order valence-electron chi connectivity index (χ4n) is 2.09. The van der Waals surface area contributed by atoms with E-state index in [1.54, 1.807) is 6.07 Å². The highest BCUT2D eigenvalue weighted by molar-refractivity contribution is 7.16. The van der Waals surface area contributed by atoms with Crippen LogP contribution < -0.4 is 5.32 Å². The molecule has 6 heteroatoms. The van der Waals surface area contributed by atoms with Gasteiger partial charge in [0.1, 0.15) is 17.5 Å². The van der Waals surface area contributed by atoms with Crippen LogP contribution in [0.15, 0.2) is 18.2 Å². The monoisotopic (exact) mass is 333 g/mol. The zero-order valence-corrected chi connectivity index (χ0v) is 13.2. The van der Waals surface area contributed by atoms with E-state index in [1.807, 2.05) is 13.8 Å². The third-order valence-electron chi connectivity index (χ3n) is 3.09. The van der Waals surface area contributed by atoms with Gasteiger partial charge in [-0.1, -0.05) is 18.5 Å². The van der Waals surface area contributed by atoms with Crippen molar-refractivity contribution in [2.45, 2.75) is 26.3 Å². The average molecular weight is 334 g/mol. The number of nitrogens with one attached hydrogen (secondary N) is 1. The molecule has 1 aromatic heterocycles. The summed E-state index contributed by atoms with van der Waals surface area (Å²) in [5.41, 5.74) is 0.672. The lowest BCUT2D eigenvalue weighted by Crippen LogP contribution is -2.24. The van der Waals surface area contributed by atoms with Crippen molar-refractivity contribution in [3.63, 3.8) is 0 Å². The Kier molecular flexibility index (Phi) is 5.30. The first-order valence-electron chi connectivity index (χ1n) is 6.57. The third kappa shape index (κ3) is 3.59. The van der Waals surface area contributed by atoms with E-state index in [1.165, 1.54) is 11.3 Å². The molecule has 21 heavy (non-hydrogen) atoms. The molecule has 0 fully saturated rings. The summed E-state index contributed by atoms with van der Waals surface area (Å²) in [6, 6.07) is 2.51. The SMILES string of the molecule is CCCNC(c1cc(C)c(Cl)s1)c1c(F)cc(F)cc1F. The lowest BCUT2D eigenvalue weighted by atomic mass is 10.0. The molecular weight excluding hydrogens is 319 g/mol. The summed E-state index contributed by atoms with van der Waals surface area (Å²) in [6.07, 6.45) is 0.805. The molecule has 2 rings (SSSR count). The van der Waals surface area contributed by atoms with Crippen LogP contribution in [0.5, 0.6) is 0 Å². The molecule has 0 radical (unpaired) electrons. The molecular formula is C15H15ClF3NS. The molecule has 1 unspecified atom stereocenters. The van der Waals surface area contributed by atoms with Crippen LogP contribution >= 0.6 is 22.9 Å². The van der Waals surface area contributed by atoms with Crippen molar-refractivity contribution in [2.75, 3.05) is 6.54 Å². The van der Waals surface area contributed by atoms with Crippen LogP contribution in [-0.2, 0) is 0 Å². The number of hydrogen-bond acceptors (Lipinski definition) is 2. The van der Waals surface area contributed by atoms with Gasteiger partial charge in [-0.15, -0.1) is 11.3 Å². The average Bonchev–Trinajstić information content (AvgIpc) is 2.72. The van der Waals surface area contributed by atoms with Crippen molar-refractivity contribution >= 4 is 22.9 Å². The lowest BCUT2D eigenvalue weighted by molar-refractivity contribution is 0.489. The predicted molar refractivity (Wildman–Crippen MR) is 80.5 cm³/mol. The predicted octanol–water partition coefficient (Wildman–Crippen LogP) is 5.22. The van der Waals surface area contributed by atoms with Crippen molar-refractivity contribution in [3.05, 3.63) is 56.0 Å². The van der Waals surface area contributed by atoms with Crippen LogP contribution in [-0.4, -0.2) is 6.54 Å². The van der Waals surface area contributed by atoms with E-state index in [-0.39, 0.29) is 5.56 Å². The Hall–Kier alpha value is -1.04. The van der Waals surface area contributed by atoms with E-state index in [2.05, 4.69) is 5.32 Å². The minimum Gasteiger partial charge on any atom is -0.305 e. The molecule has 1 aromatic carbocycles. The molecule has 114 valence electrons. The summed E-state index contributed by atoms with van der Waals surface area (Å²) in [5, 5.41) is 3.09. The van der Waals surface area contributed by atoms with Gasteiger partial charge in [0.05, 0.1) is 10.4 Å². The first kappa shape index (κ1) is 16.3. The second kappa shape index (κ2) is 6.81. The molecule has 0 spiro atoms. The van der Waals surface area contributed by atoms with E-state index in [4.69, 9.17) is 11.6 Å². The molecule has 0 bridgehead atoms. The minimum atomic E-state index is -0.927. The molecule has 0 amide bonds. The number of rotatable bonds is 5. The quantitative estimate of drug-likeness (QED) is 0.791. The maximum absolute atomic E-state index is 14.0. The molecule has 1 nitrogen and oxygen atoms in total. The Morgan fingerprint density at radius 1 is 1.19 bits per heavy atom. The van der Waals surface area contributed by atoms with Gasteiger partial charge in [-0.25, -0.2) is 13.2 Å². The second-order valence-electron chi connectivity index (χ2n) is 4.78. The smallest absolute Gasteiger partial charge is 0.134 e. The van der Waals surface area contributed by atoms with E-state index < -0.39 is 23.5 Å². The van der Waals surface area contributed by atoms with Crippen molar-refractivity contribution in [3.8, 4) is 0 Å². The highest BCUT2D eigenvalue weighted by atomic mass is 35.5.